The third-order valence-electron chi connectivity index (χ3n) is 3.69. The summed E-state index contributed by atoms with van der Waals surface area (Å²) in [6.45, 7) is 0. The number of nitrogens with zero attached hydrogens (tertiary/aromatic N) is 1. The molecule has 0 aliphatic heterocycles. The van der Waals surface area contributed by atoms with Crippen molar-refractivity contribution in [3.05, 3.63) is 65.7 Å². The van der Waals surface area contributed by atoms with E-state index in [0.717, 1.165) is 5.56 Å². The topological polar surface area (TPSA) is 88.1 Å². The zero-order valence-electron chi connectivity index (χ0n) is 13.4. The second-order valence-electron chi connectivity index (χ2n) is 5.21. The molecule has 3 aromatic rings. The molecule has 1 amide bonds. The van der Waals surface area contributed by atoms with Gasteiger partial charge >= 0.3 is 0 Å². The maximum Gasteiger partial charge on any atom is 0.256 e. The van der Waals surface area contributed by atoms with Crippen LogP contribution in [0.3, 0.4) is 0 Å². The van der Waals surface area contributed by atoms with E-state index < -0.39 is 0 Å². The Bertz CT molecular complexity index is 941. The summed E-state index contributed by atoms with van der Waals surface area (Å²) in [5.74, 6) is 0.438. The van der Waals surface area contributed by atoms with Gasteiger partial charge in [0.15, 0.2) is 0 Å². The molecule has 0 saturated carbocycles. The highest BCUT2D eigenvalue weighted by molar-refractivity contribution is 7.21. The Morgan fingerprint density at radius 2 is 1.84 bits per heavy atom. The molecule has 5 nitrogen and oxygen atoms in total. The van der Waals surface area contributed by atoms with Crippen molar-refractivity contribution < 1.29 is 9.53 Å². The molecule has 0 spiro atoms. The van der Waals surface area contributed by atoms with E-state index in [2.05, 4.69) is 11.4 Å². The van der Waals surface area contributed by atoms with Crippen LogP contribution in [0.5, 0.6) is 5.75 Å². The fourth-order valence-corrected chi connectivity index (χ4v) is 3.39. The lowest BCUT2D eigenvalue weighted by molar-refractivity contribution is 0.102. The van der Waals surface area contributed by atoms with Crippen LogP contribution >= 0.6 is 11.3 Å². The number of thiophene rings is 1. The largest absolute Gasteiger partial charge is 0.497 e. The van der Waals surface area contributed by atoms with E-state index in [1.165, 1.54) is 11.3 Å². The number of carbonyl (C=O) groups is 1. The van der Waals surface area contributed by atoms with Crippen LogP contribution in [0.15, 0.2) is 54.6 Å². The van der Waals surface area contributed by atoms with Crippen molar-refractivity contribution in [1.82, 2.24) is 0 Å². The summed E-state index contributed by atoms with van der Waals surface area (Å²) in [7, 11) is 1.59. The van der Waals surface area contributed by atoms with Crippen LogP contribution in [0.25, 0.3) is 11.1 Å². The molecule has 0 aliphatic rings. The molecule has 3 N–H and O–H groups in total. The van der Waals surface area contributed by atoms with Crippen molar-refractivity contribution in [3.8, 4) is 22.9 Å². The van der Waals surface area contributed by atoms with Gasteiger partial charge in [-0.05, 0) is 29.8 Å². The van der Waals surface area contributed by atoms with Crippen LogP contribution < -0.4 is 15.8 Å². The van der Waals surface area contributed by atoms with Gasteiger partial charge < -0.3 is 15.8 Å². The lowest BCUT2D eigenvalue weighted by Crippen LogP contribution is -2.11. The minimum Gasteiger partial charge on any atom is -0.497 e. The SMILES string of the molecule is COc1ccc(-c2c(N)sc(NC(=O)c3ccccc3)c2C#N)cc1. The van der Waals surface area contributed by atoms with Crippen LogP contribution in [0.4, 0.5) is 10.0 Å². The summed E-state index contributed by atoms with van der Waals surface area (Å²) in [5, 5.41) is 13.3. The van der Waals surface area contributed by atoms with Gasteiger partial charge in [-0.2, -0.15) is 5.26 Å². The van der Waals surface area contributed by atoms with Gasteiger partial charge in [-0.1, -0.05) is 41.7 Å². The number of benzene rings is 2. The van der Waals surface area contributed by atoms with E-state index in [0.29, 0.717) is 32.4 Å². The fraction of sp³-hybridized carbons (Fsp3) is 0.0526. The average Bonchev–Trinajstić information content (AvgIpc) is 2.97. The van der Waals surface area contributed by atoms with Crippen LogP contribution in [0.1, 0.15) is 15.9 Å². The molecule has 0 bridgehead atoms. The monoisotopic (exact) mass is 349 g/mol. The van der Waals surface area contributed by atoms with E-state index in [-0.39, 0.29) is 5.91 Å². The normalized spacial score (nSPS) is 10.1. The first-order valence-corrected chi connectivity index (χ1v) is 8.29. The lowest BCUT2D eigenvalue weighted by atomic mass is 10.0. The molecule has 25 heavy (non-hydrogen) atoms. The molecular weight excluding hydrogens is 334 g/mol. The number of carbonyl (C=O) groups excluding carboxylic acids is 1. The second kappa shape index (κ2) is 7.07. The number of hydrogen-bond donors (Lipinski definition) is 2. The Balaban J connectivity index is 1.97. The minimum absolute atomic E-state index is 0.278. The molecule has 0 saturated heterocycles. The Hall–Kier alpha value is -3.30. The number of nitrogen functional groups attached to an aromatic ring is 1. The molecule has 124 valence electrons. The third-order valence-corrected chi connectivity index (χ3v) is 4.62. The Labute approximate surface area is 149 Å². The summed E-state index contributed by atoms with van der Waals surface area (Å²) >= 11 is 1.19. The van der Waals surface area contributed by atoms with Crippen molar-refractivity contribution in [3.63, 3.8) is 0 Å². The standard InChI is InChI=1S/C19H15N3O2S/c1-24-14-9-7-12(8-10-14)16-15(11-20)19(25-17(16)21)22-18(23)13-5-3-2-4-6-13/h2-10H,21H2,1H3,(H,22,23). The van der Waals surface area contributed by atoms with Gasteiger partial charge in [0.25, 0.3) is 5.91 Å². The highest BCUT2D eigenvalue weighted by atomic mass is 32.1. The number of methoxy groups -OCH3 is 1. The summed E-state index contributed by atoms with van der Waals surface area (Å²) < 4.78 is 5.15. The predicted molar refractivity (Wildman–Crippen MR) is 99.8 cm³/mol. The first-order chi connectivity index (χ1) is 12.1. The highest BCUT2D eigenvalue weighted by Crippen LogP contribution is 2.42. The molecule has 0 fully saturated rings. The third kappa shape index (κ3) is 3.32. The molecule has 1 aromatic heterocycles. The zero-order chi connectivity index (χ0) is 17.8. The number of amides is 1. The van der Waals surface area contributed by atoms with Gasteiger partial charge in [0.1, 0.15) is 16.8 Å². The molecule has 6 heteroatoms. The zero-order valence-corrected chi connectivity index (χ0v) is 14.3. The number of hydrogen-bond acceptors (Lipinski definition) is 5. The van der Waals surface area contributed by atoms with E-state index in [1.54, 1.807) is 43.5 Å². The van der Waals surface area contributed by atoms with Gasteiger partial charge in [0.05, 0.1) is 17.7 Å². The number of ether oxygens (including phenoxy) is 1. The van der Waals surface area contributed by atoms with Crippen molar-refractivity contribution >= 4 is 27.2 Å². The first kappa shape index (κ1) is 16.6. The first-order valence-electron chi connectivity index (χ1n) is 7.47. The Morgan fingerprint density at radius 1 is 1.16 bits per heavy atom. The fourth-order valence-electron chi connectivity index (χ4n) is 2.45. The number of nitriles is 1. The van der Waals surface area contributed by atoms with Crippen molar-refractivity contribution in [1.29, 1.82) is 5.26 Å². The van der Waals surface area contributed by atoms with Crippen LogP contribution in [0, 0.1) is 11.3 Å². The molecule has 3 rings (SSSR count). The number of nitrogens with two attached hydrogens (primary N) is 1. The van der Waals surface area contributed by atoms with E-state index in [1.807, 2.05) is 18.2 Å². The number of rotatable bonds is 4. The summed E-state index contributed by atoms with van der Waals surface area (Å²) in [6, 6.07) is 18.2. The second-order valence-corrected chi connectivity index (χ2v) is 6.26. The molecule has 0 atom stereocenters. The summed E-state index contributed by atoms with van der Waals surface area (Å²) in [6.07, 6.45) is 0. The van der Waals surface area contributed by atoms with Gasteiger partial charge in [0, 0.05) is 11.1 Å². The van der Waals surface area contributed by atoms with Crippen molar-refractivity contribution in [2.45, 2.75) is 0 Å². The quantitative estimate of drug-likeness (QED) is 0.741. The van der Waals surface area contributed by atoms with Crippen LogP contribution in [-0.2, 0) is 0 Å². The highest BCUT2D eigenvalue weighted by Gasteiger charge is 2.20. The minimum atomic E-state index is -0.278. The van der Waals surface area contributed by atoms with E-state index >= 15 is 0 Å². The smallest absolute Gasteiger partial charge is 0.256 e. The average molecular weight is 349 g/mol. The van der Waals surface area contributed by atoms with Crippen LogP contribution in [-0.4, -0.2) is 13.0 Å². The molecule has 2 aromatic carbocycles. The summed E-state index contributed by atoms with van der Waals surface area (Å²) in [5.41, 5.74) is 8.42. The Kier molecular flexibility index (Phi) is 4.68. The van der Waals surface area contributed by atoms with Gasteiger partial charge in [-0.15, -0.1) is 0 Å². The molecule has 0 aliphatic carbocycles. The Morgan fingerprint density at radius 3 is 2.44 bits per heavy atom. The van der Waals surface area contributed by atoms with Crippen molar-refractivity contribution in [2.75, 3.05) is 18.2 Å². The lowest BCUT2D eigenvalue weighted by Gasteiger charge is -2.05. The molecule has 1 heterocycles. The van der Waals surface area contributed by atoms with Crippen molar-refractivity contribution in [2.24, 2.45) is 0 Å². The maximum absolute atomic E-state index is 12.4. The maximum atomic E-state index is 12.4. The predicted octanol–water partition coefficient (Wildman–Crippen LogP) is 4.13. The number of anilines is 2. The van der Waals surface area contributed by atoms with E-state index in [4.69, 9.17) is 10.5 Å². The molecular formula is C19H15N3O2S. The van der Waals surface area contributed by atoms with Gasteiger partial charge in [-0.3, -0.25) is 4.79 Å². The van der Waals surface area contributed by atoms with Crippen LogP contribution in [0.2, 0.25) is 0 Å². The molecule has 0 radical (unpaired) electrons. The summed E-state index contributed by atoms with van der Waals surface area (Å²) in [4.78, 5) is 12.4. The van der Waals surface area contributed by atoms with E-state index in [9.17, 15) is 10.1 Å². The number of nitrogens with one attached hydrogen (secondary N) is 1. The molecule has 0 unspecified atom stereocenters. The van der Waals surface area contributed by atoms with Gasteiger partial charge in [-0.25, -0.2) is 0 Å². The van der Waals surface area contributed by atoms with Gasteiger partial charge in [0.2, 0.25) is 0 Å².